The van der Waals surface area contributed by atoms with Crippen molar-refractivity contribution >= 4 is 65.9 Å². The second-order valence-corrected chi connectivity index (χ2v) is 14.1. The van der Waals surface area contributed by atoms with Crippen molar-refractivity contribution in [3.8, 4) is 22.3 Å². The molecule has 55 heavy (non-hydrogen) atoms. The molecule has 9 aromatic carbocycles. The van der Waals surface area contributed by atoms with Crippen molar-refractivity contribution in [2.24, 2.45) is 9.98 Å². The fraction of sp³-hybridized carbons (Fsp3) is 0.0196. The van der Waals surface area contributed by atoms with E-state index in [0.717, 1.165) is 82.9 Å². The second-order valence-electron chi connectivity index (χ2n) is 14.1. The summed E-state index contributed by atoms with van der Waals surface area (Å²) >= 11 is 0. The topological polar surface area (TPSA) is 49.9 Å². The van der Waals surface area contributed by atoms with Gasteiger partial charge in [-0.2, -0.15) is 0 Å². The minimum atomic E-state index is -0.332. The smallest absolute Gasteiger partial charge is 0.159 e. The lowest BCUT2D eigenvalue weighted by atomic mass is 9.92. The molecule has 11 rings (SSSR count). The first-order valence-corrected chi connectivity index (χ1v) is 18.7. The molecule has 258 valence electrons. The van der Waals surface area contributed by atoms with E-state index in [1.165, 1.54) is 16.2 Å². The summed E-state index contributed by atoms with van der Waals surface area (Å²) in [5.74, 6) is 1.48. The highest BCUT2D eigenvalue weighted by atomic mass is 16.3. The number of hydrogen-bond acceptors (Lipinski definition) is 4. The van der Waals surface area contributed by atoms with Gasteiger partial charge >= 0.3 is 0 Å². The van der Waals surface area contributed by atoms with E-state index in [4.69, 9.17) is 14.4 Å². The average Bonchev–Trinajstić information content (AvgIpc) is 3.66. The van der Waals surface area contributed by atoms with Crippen LogP contribution in [0, 0.1) is 0 Å². The van der Waals surface area contributed by atoms with Crippen LogP contribution < -0.4 is 5.32 Å². The van der Waals surface area contributed by atoms with Crippen LogP contribution >= 0.6 is 0 Å². The molecule has 0 saturated heterocycles. The first kappa shape index (κ1) is 31.2. The first-order valence-electron chi connectivity index (χ1n) is 18.7. The molecule has 4 heteroatoms. The maximum absolute atomic E-state index is 6.70. The Morgan fingerprint density at radius 1 is 0.436 bits per heavy atom. The number of aliphatic imine (C=N–C) groups is 2. The summed E-state index contributed by atoms with van der Waals surface area (Å²) in [6.45, 7) is 0. The molecule has 10 aromatic rings. The number of hydrogen-bond donors (Lipinski definition) is 1. The molecule has 0 bridgehead atoms. The van der Waals surface area contributed by atoms with Crippen molar-refractivity contribution in [3.05, 3.63) is 205 Å². The van der Waals surface area contributed by atoms with Gasteiger partial charge in [-0.05, 0) is 78.8 Å². The van der Waals surface area contributed by atoms with Gasteiger partial charge in [0.2, 0.25) is 0 Å². The normalized spacial score (nSPS) is 14.4. The number of para-hydroxylation sites is 1. The third-order valence-electron chi connectivity index (χ3n) is 10.9. The van der Waals surface area contributed by atoms with E-state index in [1.807, 2.05) is 12.1 Å². The SMILES string of the molecule is c1ccc(-c2cccc3c2oc2cccc(-c4cc(C5=NC(c6ccccc6)NC(c6cc7ccccc7c7ccccc67)=N5)cc5ccccc45)c23)cc1. The van der Waals surface area contributed by atoms with Crippen LogP contribution in [0.1, 0.15) is 22.9 Å². The van der Waals surface area contributed by atoms with Crippen LogP contribution in [0.15, 0.2) is 202 Å². The van der Waals surface area contributed by atoms with E-state index in [-0.39, 0.29) is 6.17 Å². The van der Waals surface area contributed by atoms with Crippen molar-refractivity contribution < 1.29 is 4.42 Å². The number of benzene rings is 9. The summed E-state index contributed by atoms with van der Waals surface area (Å²) in [7, 11) is 0. The zero-order valence-electron chi connectivity index (χ0n) is 29.8. The van der Waals surface area contributed by atoms with E-state index < -0.39 is 0 Å². The summed E-state index contributed by atoms with van der Waals surface area (Å²) in [6.07, 6.45) is -0.332. The average molecular weight is 704 g/mol. The van der Waals surface area contributed by atoms with Gasteiger partial charge in [0.25, 0.3) is 0 Å². The molecule has 0 aliphatic carbocycles. The number of nitrogens with zero attached hydrogens (tertiary/aromatic N) is 2. The van der Waals surface area contributed by atoms with Crippen molar-refractivity contribution in [1.29, 1.82) is 0 Å². The van der Waals surface area contributed by atoms with Gasteiger partial charge in [-0.3, -0.25) is 0 Å². The molecule has 1 atom stereocenters. The summed E-state index contributed by atoms with van der Waals surface area (Å²) in [5.41, 5.74) is 9.25. The monoisotopic (exact) mass is 703 g/mol. The molecule has 0 amide bonds. The Hall–Kier alpha value is -7.30. The Kier molecular flexibility index (Phi) is 7.20. The van der Waals surface area contributed by atoms with Gasteiger partial charge < -0.3 is 9.73 Å². The lowest BCUT2D eigenvalue weighted by molar-refractivity contribution is 0.670. The Bertz CT molecular complexity index is 3180. The lowest BCUT2D eigenvalue weighted by Gasteiger charge is -2.25. The highest BCUT2D eigenvalue weighted by Gasteiger charge is 2.24. The summed E-state index contributed by atoms with van der Waals surface area (Å²) < 4.78 is 6.70. The van der Waals surface area contributed by atoms with Gasteiger partial charge in [0.05, 0.1) is 0 Å². The maximum Gasteiger partial charge on any atom is 0.159 e. The van der Waals surface area contributed by atoms with Crippen molar-refractivity contribution in [3.63, 3.8) is 0 Å². The molecule has 1 aliphatic heterocycles. The molecule has 2 heterocycles. The summed E-state index contributed by atoms with van der Waals surface area (Å²) in [5, 5.41) is 12.9. The highest BCUT2D eigenvalue weighted by molar-refractivity contribution is 6.23. The number of fused-ring (bicyclic) bond motifs is 7. The van der Waals surface area contributed by atoms with Gasteiger partial charge in [-0.1, -0.05) is 164 Å². The van der Waals surface area contributed by atoms with E-state index in [2.05, 4.69) is 181 Å². The number of amidine groups is 2. The van der Waals surface area contributed by atoms with Crippen LogP contribution in [-0.2, 0) is 0 Å². The largest absolute Gasteiger partial charge is 0.455 e. The van der Waals surface area contributed by atoms with E-state index in [0.29, 0.717) is 5.84 Å². The van der Waals surface area contributed by atoms with Crippen LogP contribution in [-0.4, -0.2) is 11.7 Å². The van der Waals surface area contributed by atoms with Gasteiger partial charge in [-0.15, -0.1) is 0 Å². The van der Waals surface area contributed by atoms with Gasteiger partial charge in [-0.25, -0.2) is 9.98 Å². The molecule has 0 spiro atoms. The molecule has 0 fully saturated rings. The Balaban J connectivity index is 1.14. The first-order chi connectivity index (χ1) is 27.3. The Labute approximate surface area is 317 Å². The molecule has 1 aliphatic rings. The fourth-order valence-electron chi connectivity index (χ4n) is 8.35. The van der Waals surface area contributed by atoms with Gasteiger partial charge in [0, 0.05) is 27.5 Å². The zero-order chi connectivity index (χ0) is 36.3. The van der Waals surface area contributed by atoms with Crippen LogP contribution in [0.3, 0.4) is 0 Å². The van der Waals surface area contributed by atoms with E-state index in [9.17, 15) is 0 Å². The Morgan fingerprint density at radius 3 is 1.89 bits per heavy atom. The fourth-order valence-corrected chi connectivity index (χ4v) is 8.35. The van der Waals surface area contributed by atoms with Gasteiger partial charge in [0.15, 0.2) is 5.84 Å². The minimum Gasteiger partial charge on any atom is -0.455 e. The molecule has 4 nitrogen and oxygen atoms in total. The van der Waals surface area contributed by atoms with Crippen LogP contribution in [0.5, 0.6) is 0 Å². The van der Waals surface area contributed by atoms with Crippen molar-refractivity contribution in [1.82, 2.24) is 5.32 Å². The third-order valence-corrected chi connectivity index (χ3v) is 10.9. The molecule has 0 saturated carbocycles. The predicted molar refractivity (Wildman–Crippen MR) is 229 cm³/mol. The van der Waals surface area contributed by atoms with Crippen LogP contribution in [0.25, 0.3) is 76.5 Å². The zero-order valence-corrected chi connectivity index (χ0v) is 29.8. The standard InChI is InChI=1S/C51H33N3O/c1-3-15-32(16-4-1)39-25-13-27-43-47-42(26-14-28-46(47)55-48(39)43)44-31-36(29-34-19-7-10-22-38(34)44)50-52-49(33-17-5-2-6-18-33)53-51(54-50)45-30-35-20-8-9-21-37(35)40-23-11-12-24-41(40)45/h1-31,49H,(H,52,53,54). The van der Waals surface area contributed by atoms with Crippen molar-refractivity contribution in [2.75, 3.05) is 0 Å². The molecular formula is C51H33N3O. The van der Waals surface area contributed by atoms with Crippen LogP contribution in [0.2, 0.25) is 0 Å². The number of nitrogens with one attached hydrogen (secondary N) is 1. The maximum atomic E-state index is 6.70. The summed E-state index contributed by atoms with van der Waals surface area (Å²) in [4.78, 5) is 10.7. The van der Waals surface area contributed by atoms with E-state index >= 15 is 0 Å². The summed E-state index contributed by atoms with van der Waals surface area (Å²) in [6, 6.07) is 66.3. The predicted octanol–water partition coefficient (Wildman–Crippen LogP) is 12.9. The highest BCUT2D eigenvalue weighted by Crippen LogP contribution is 2.43. The molecule has 1 unspecified atom stereocenters. The lowest BCUT2D eigenvalue weighted by Crippen LogP contribution is -2.33. The molecule has 1 aromatic heterocycles. The molecular weight excluding hydrogens is 671 g/mol. The Morgan fingerprint density at radius 2 is 1.07 bits per heavy atom. The quantitative estimate of drug-likeness (QED) is 0.181. The van der Waals surface area contributed by atoms with Gasteiger partial charge in [0.1, 0.15) is 23.2 Å². The van der Waals surface area contributed by atoms with E-state index in [1.54, 1.807) is 0 Å². The number of rotatable bonds is 5. The second kappa shape index (κ2) is 12.7. The molecule has 0 radical (unpaired) electrons. The molecule has 1 N–H and O–H groups in total. The minimum absolute atomic E-state index is 0.332. The van der Waals surface area contributed by atoms with Crippen LogP contribution in [0.4, 0.5) is 0 Å². The number of furan rings is 1. The van der Waals surface area contributed by atoms with Crippen molar-refractivity contribution in [2.45, 2.75) is 6.17 Å². The third kappa shape index (κ3) is 5.22.